The summed E-state index contributed by atoms with van der Waals surface area (Å²) in [7, 11) is 0. The van der Waals surface area contributed by atoms with Crippen LogP contribution in [0.15, 0.2) is 18.2 Å². The van der Waals surface area contributed by atoms with Crippen molar-refractivity contribution in [2.75, 3.05) is 31.5 Å². The molecule has 0 aromatic carbocycles. The molecule has 0 bridgehead atoms. The molecule has 2 amide bonds. The number of aliphatic hydroxyl groups is 1. The second-order valence-corrected chi connectivity index (χ2v) is 9.86. The minimum atomic E-state index is -0.586. The minimum Gasteiger partial charge on any atom is -0.444 e. The van der Waals surface area contributed by atoms with Crippen LogP contribution in [0.25, 0.3) is 0 Å². The summed E-state index contributed by atoms with van der Waals surface area (Å²) < 4.78 is 10.5. The van der Waals surface area contributed by atoms with Crippen LogP contribution in [0.2, 0.25) is 0 Å². The number of aliphatic hydroxyl groups excluding tert-OH is 1. The smallest absolute Gasteiger partial charge is 0.413 e. The molecule has 1 saturated heterocycles. The van der Waals surface area contributed by atoms with E-state index in [-0.39, 0.29) is 5.92 Å². The topological polar surface area (TPSA) is 113 Å². The van der Waals surface area contributed by atoms with Gasteiger partial charge in [0.05, 0.1) is 6.10 Å². The molecule has 0 spiro atoms. The third-order valence-corrected chi connectivity index (χ3v) is 4.49. The molecule has 9 nitrogen and oxygen atoms in total. The van der Waals surface area contributed by atoms with Crippen molar-refractivity contribution < 1.29 is 24.2 Å². The number of carbonyl (C=O) groups is 2. The second-order valence-electron chi connectivity index (χ2n) is 9.86. The number of ether oxygens (including phenoxy) is 2. The van der Waals surface area contributed by atoms with Crippen molar-refractivity contribution in [2.45, 2.75) is 65.3 Å². The van der Waals surface area contributed by atoms with E-state index in [2.05, 4.69) is 20.5 Å². The van der Waals surface area contributed by atoms with Crippen molar-refractivity contribution in [3.05, 3.63) is 23.9 Å². The molecule has 1 aliphatic rings. The monoisotopic (exact) mass is 436 g/mol. The van der Waals surface area contributed by atoms with Gasteiger partial charge in [0.2, 0.25) is 0 Å². The Morgan fingerprint density at radius 1 is 1.10 bits per heavy atom. The van der Waals surface area contributed by atoms with Gasteiger partial charge in [-0.15, -0.1) is 0 Å². The van der Waals surface area contributed by atoms with Crippen molar-refractivity contribution in [3.8, 4) is 0 Å². The van der Waals surface area contributed by atoms with E-state index in [1.54, 1.807) is 26.8 Å². The van der Waals surface area contributed by atoms with Gasteiger partial charge < -0.3 is 19.9 Å². The van der Waals surface area contributed by atoms with Gasteiger partial charge in [-0.05, 0) is 60.1 Å². The Morgan fingerprint density at radius 2 is 1.74 bits per heavy atom. The Balaban J connectivity index is 1.82. The molecule has 31 heavy (non-hydrogen) atoms. The number of rotatable bonds is 6. The lowest BCUT2D eigenvalue weighted by molar-refractivity contribution is 0.0522. The Morgan fingerprint density at radius 3 is 2.39 bits per heavy atom. The van der Waals surface area contributed by atoms with Gasteiger partial charge in [0, 0.05) is 37.8 Å². The zero-order valence-electron chi connectivity index (χ0n) is 19.4. The highest BCUT2D eigenvalue weighted by molar-refractivity contribution is 5.83. The molecular weight excluding hydrogens is 400 g/mol. The minimum absolute atomic E-state index is 0.0193. The van der Waals surface area contributed by atoms with E-state index >= 15 is 0 Å². The first-order valence-corrected chi connectivity index (χ1v) is 10.6. The predicted octanol–water partition coefficient (Wildman–Crippen LogP) is 2.79. The normalized spacial score (nSPS) is 19.7. The first kappa shape index (κ1) is 24.9. The number of aromatic nitrogens is 1. The van der Waals surface area contributed by atoms with Gasteiger partial charge in [0.25, 0.3) is 0 Å². The van der Waals surface area contributed by atoms with Gasteiger partial charge >= 0.3 is 12.2 Å². The maximum Gasteiger partial charge on any atom is 0.413 e. The lowest BCUT2D eigenvalue weighted by atomic mass is 10.00. The van der Waals surface area contributed by atoms with Gasteiger partial charge in [-0.3, -0.25) is 10.2 Å². The zero-order valence-corrected chi connectivity index (χ0v) is 19.4. The standard InChI is InChI=1S/C22H36N4O5/c1-21(2,3)30-19(28)23-10-11-26-13-15(17(27)14-26)12-16-8-7-9-18(24-16)25-20(29)31-22(4,5)6/h7-9,15,17,27H,10-14H2,1-6H3,(H,23,28)(H,24,25,29)/t15-,17-/m1/s1. The summed E-state index contributed by atoms with van der Waals surface area (Å²) in [5.74, 6) is 0.434. The fourth-order valence-electron chi connectivity index (χ4n) is 3.29. The Labute approximate surface area is 184 Å². The molecule has 2 heterocycles. The maximum absolute atomic E-state index is 11.9. The van der Waals surface area contributed by atoms with E-state index in [0.717, 1.165) is 5.69 Å². The number of nitrogens with one attached hydrogen (secondary N) is 2. The first-order valence-electron chi connectivity index (χ1n) is 10.6. The number of pyridine rings is 1. The molecular formula is C22H36N4O5. The molecule has 1 fully saturated rings. The molecule has 2 rings (SSSR count). The molecule has 1 aromatic heterocycles. The van der Waals surface area contributed by atoms with E-state index in [1.165, 1.54) is 0 Å². The summed E-state index contributed by atoms with van der Waals surface area (Å²) in [5.41, 5.74) is -0.331. The van der Waals surface area contributed by atoms with E-state index in [0.29, 0.717) is 38.4 Å². The highest BCUT2D eigenvalue weighted by Gasteiger charge is 2.31. The number of carbonyl (C=O) groups excluding carboxylic acids is 2. The van der Waals surface area contributed by atoms with Crippen LogP contribution < -0.4 is 10.6 Å². The average Bonchev–Trinajstić information content (AvgIpc) is 2.91. The Hall–Kier alpha value is -2.39. The van der Waals surface area contributed by atoms with Crippen LogP contribution in [0.3, 0.4) is 0 Å². The number of alkyl carbamates (subject to hydrolysis) is 1. The van der Waals surface area contributed by atoms with Gasteiger partial charge in [-0.25, -0.2) is 14.6 Å². The molecule has 9 heteroatoms. The molecule has 0 saturated carbocycles. The van der Waals surface area contributed by atoms with Crippen LogP contribution in [-0.4, -0.2) is 70.7 Å². The fraction of sp³-hybridized carbons (Fsp3) is 0.682. The largest absolute Gasteiger partial charge is 0.444 e. The molecule has 0 aliphatic carbocycles. The third kappa shape index (κ3) is 9.52. The highest BCUT2D eigenvalue weighted by atomic mass is 16.6. The first-order chi connectivity index (χ1) is 14.3. The van der Waals surface area contributed by atoms with E-state index in [1.807, 2.05) is 32.9 Å². The van der Waals surface area contributed by atoms with E-state index in [9.17, 15) is 14.7 Å². The van der Waals surface area contributed by atoms with Gasteiger partial charge in [-0.1, -0.05) is 6.07 Å². The molecule has 174 valence electrons. The van der Waals surface area contributed by atoms with Crippen LogP contribution in [0, 0.1) is 5.92 Å². The molecule has 1 aliphatic heterocycles. The second kappa shape index (κ2) is 10.3. The van der Waals surface area contributed by atoms with Crippen molar-refractivity contribution in [1.82, 2.24) is 15.2 Å². The molecule has 0 unspecified atom stereocenters. The van der Waals surface area contributed by atoms with Gasteiger partial charge in [-0.2, -0.15) is 0 Å². The van der Waals surface area contributed by atoms with E-state index in [4.69, 9.17) is 9.47 Å². The summed E-state index contributed by atoms with van der Waals surface area (Å²) in [6, 6.07) is 5.39. The SMILES string of the molecule is CC(C)(C)OC(=O)NCCN1C[C@@H](Cc2cccc(NC(=O)OC(C)(C)C)n2)[C@H](O)C1. The quantitative estimate of drug-likeness (QED) is 0.628. The molecule has 2 atom stereocenters. The van der Waals surface area contributed by atoms with Gasteiger partial charge in [0.1, 0.15) is 17.0 Å². The number of nitrogens with zero attached hydrogens (tertiary/aromatic N) is 2. The number of hydrogen-bond donors (Lipinski definition) is 3. The summed E-state index contributed by atoms with van der Waals surface area (Å²) in [6.07, 6.45) is -0.893. The number of anilines is 1. The lowest BCUT2D eigenvalue weighted by Crippen LogP contribution is -2.37. The van der Waals surface area contributed by atoms with Crippen LogP contribution in [0.1, 0.15) is 47.2 Å². The van der Waals surface area contributed by atoms with E-state index < -0.39 is 29.5 Å². The van der Waals surface area contributed by atoms with Crippen molar-refractivity contribution in [1.29, 1.82) is 0 Å². The number of amides is 2. The predicted molar refractivity (Wildman–Crippen MR) is 118 cm³/mol. The van der Waals surface area contributed by atoms with Crippen LogP contribution in [0.4, 0.5) is 15.4 Å². The highest BCUT2D eigenvalue weighted by Crippen LogP contribution is 2.21. The molecule has 1 aromatic rings. The third-order valence-electron chi connectivity index (χ3n) is 4.49. The molecule has 0 radical (unpaired) electrons. The lowest BCUT2D eigenvalue weighted by Gasteiger charge is -2.21. The average molecular weight is 437 g/mol. The van der Waals surface area contributed by atoms with Crippen LogP contribution in [-0.2, 0) is 15.9 Å². The number of likely N-dealkylation sites (tertiary alicyclic amines) is 1. The maximum atomic E-state index is 11.9. The Kier molecular flexibility index (Phi) is 8.25. The fourth-order valence-corrected chi connectivity index (χ4v) is 3.29. The summed E-state index contributed by atoms with van der Waals surface area (Å²) in [6.45, 7) is 13.2. The summed E-state index contributed by atoms with van der Waals surface area (Å²) in [5, 5.41) is 15.8. The molecule has 3 N–H and O–H groups in total. The van der Waals surface area contributed by atoms with Crippen LogP contribution in [0.5, 0.6) is 0 Å². The zero-order chi connectivity index (χ0) is 23.2. The Bertz CT molecular complexity index is 757. The van der Waals surface area contributed by atoms with Crippen molar-refractivity contribution in [3.63, 3.8) is 0 Å². The summed E-state index contributed by atoms with van der Waals surface area (Å²) >= 11 is 0. The van der Waals surface area contributed by atoms with Crippen molar-refractivity contribution >= 4 is 18.0 Å². The number of β-amino-alcohol motifs (C(OH)–C–C–N with tert-alkyl or cyclic N) is 1. The summed E-state index contributed by atoms with van der Waals surface area (Å²) in [4.78, 5) is 30.3. The van der Waals surface area contributed by atoms with Gasteiger partial charge in [0.15, 0.2) is 0 Å². The number of hydrogen-bond acceptors (Lipinski definition) is 7. The van der Waals surface area contributed by atoms with Crippen LogP contribution >= 0.6 is 0 Å². The van der Waals surface area contributed by atoms with Crippen molar-refractivity contribution in [2.24, 2.45) is 5.92 Å².